The Balaban J connectivity index is 2.02. The molecule has 2 saturated heterocycles. The molecule has 16 heavy (non-hydrogen) atoms. The fourth-order valence-electron chi connectivity index (χ4n) is 2.71. The van der Waals surface area contributed by atoms with E-state index in [2.05, 4.69) is 5.73 Å². The first kappa shape index (κ1) is 12.3. The lowest BCUT2D eigenvalue weighted by Gasteiger charge is -2.19. The minimum atomic E-state index is -2.89. The molecule has 0 aromatic carbocycles. The monoisotopic (exact) mass is 268 g/mol. The van der Waals surface area contributed by atoms with Crippen LogP contribution in [0.25, 0.3) is 0 Å². The van der Waals surface area contributed by atoms with Crippen molar-refractivity contribution in [2.24, 2.45) is 11.8 Å². The summed E-state index contributed by atoms with van der Waals surface area (Å²) in [6, 6.07) is -0.0328. The van der Waals surface area contributed by atoms with E-state index in [1.54, 1.807) is 0 Å². The van der Waals surface area contributed by atoms with Crippen molar-refractivity contribution in [1.82, 2.24) is 0 Å². The van der Waals surface area contributed by atoms with Gasteiger partial charge in [-0.2, -0.15) is 0 Å². The van der Waals surface area contributed by atoms with Gasteiger partial charge in [0.15, 0.2) is 19.7 Å². The highest BCUT2D eigenvalue weighted by molar-refractivity contribution is 7.91. The van der Waals surface area contributed by atoms with Crippen molar-refractivity contribution in [1.29, 1.82) is 0 Å². The maximum absolute atomic E-state index is 11.3. The first-order valence-electron chi connectivity index (χ1n) is 5.53. The molecule has 0 saturated carbocycles. The lowest BCUT2D eigenvalue weighted by Crippen LogP contribution is -2.68. The van der Waals surface area contributed by atoms with Gasteiger partial charge in [-0.3, -0.25) is 0 Å². The van der Waals surface area contributed by atoms with Gasteiger partial charge in [0.25, 0.3) is 0 Å². The maximum atomic E-state index is 11.3. The minimum Gasteiger partial charge on any atom is -0.355 e. The third kappa shape index (κ3) is 2.57. The van der Waals surface area contributed by atoms with E-state index in [9.17, 15) is 16.8 Å². The Kier molecular flexibility index (Phi) is 3.05. The number of hydrogen-bond donors (Lipinski definition) is 1. The first-order valence-corrected chi connectivity index (χ1v) is 9.17. The number of rotatable bonds is 2. The lowest BCUT2D eigenvalue weighted by atomic mass is 9.88. The van der Waals surface area contributed by atoms with Crippen LogP contribution in [0.2, 0.25) is 0 Å². The fourth-order valence-corrected chi connectivity index (χ4v) is 6.50. The minimum absolute atomic E-state index is 0.0328. The average Bonchev–Trinajstić information content (AvgIpc) is 2.68. The van der Waals surface area contributed by atoms with Crippen molar-refractivity contribution in [3.05, 3.63) is 0 Å². The quantitative estimate of drug-likeness (QED) is 0.657. The van der Waals surface area contributed by atoms with Gasteiger partial charge in [0, 0.05) is 11.8 Å². The predicted molar refractivity (Wildman–Crippen MR) is 60.2 cm³/mol. The van der Waals surface area contributed by atoms with Gasteiger partial charge in [-0.15, -0.1) is 0 Å². The molecule has 0 amide bonds. The zero-order valence-electron chi connectivity index (χ0n) is 9.13. The second-order valence-electron chi connectivity index (χ2n) is 4.99. The van der Waals surface area contributed by atoms with Crippen LogP contribution in [0.4, 0.5) is 0 Å². The predicted octanol–water partition coefficient (Wildman–Crippen LogP) is -1.53. The van der Waals surface area contributed by atoms with Crippen molar-refractivity contribution in [2.75, 3.05) is 23.0 Å². The van der Waals surface area contributed by atoms with Crippen molar-refractivity contribution in [3.63, 3.8) is 0 Å². The van der Waals surface area contributed by atoms with E-state index in [0.29, 0.717) is 12.8 Å². The summed E-state index contributed by atoms with van der Waals surface area (Å²) >= 11 is 0. The first-order chi connectivity index (χ1) is 7.29. The van der Waals surface area contributed by atoms with E-state index in [0.717, 1.165) is 0 Å². The molecule has 94 valence electrons. The molecular weight excluding hydrogens is 250 g/mol. The average molecular weight is 268 g/mol. The highest BCUT2D eigenvalue weighted by Crippen LogP contribution is 2.29. The van der Waals surface area contributed by atoms with E-state index in [1.165, 1.54) is 0 Å². The van der Waals surface area contributed by atoms with Gasteiger partial charge in [0.2, 0.25) is 0 Å². The van der Waals surface area contributed by atoms with Crippen LogP contribution in [0, 0.1) is 11.8 Å². The molecule has 2 atom stereocenters. The van der Waals surface area contributed by atoms with Crippen molar-refractivity contribution in [3.8, 4) is 0 Å². The van der Waals surface area contributed by atoms with Gasteiger partial charge in [0.05, 0.1) is 29.1 Å². The smallest absolute Gasteiger partial charge is 0.150 e. The molecule has 0 radical (unpaired) electrons. The molecule has 2 heterocycles. The second kappa shape index (κ2) is 3.96. The van der Waals surface area contributed by atoms with E-state index in [-0.39, 0.29) is 40.9 Å². The Hall–Kier alpha value is -0.140. The Morgan fingerprint density at radius 3 is 1.50 bits per heavy atom. The second-order valence-corrected chi connectivity index (χ2v) is 9.45. The molecule has 0 aromatic heterocycles. The van der Waals surface area contributed by atoms with Crippen LogP contribution >= 0.6 is 0 Å². The molecule has 5 nitrogen and oxygen atoms in total. The van der Waals surface area contributed by atoms with Crippen LogP contribution < -0.4 is 5.73 Å². The SMILES string of the molecule is [NH3+]C(C1CCS(=O)(=O)C1)C1CCS(=O)(=O)C1. The Labute approximate surface area is 96.2 Å². The molecule has 2 aliphatic rings. The van der Waals surface area contributed by atoms with Crippen LogP contribution in [-0.4, -0.2) is 45.9 Å². The van der Waals surface area contributed by atoms with Gasteiger partial charge < -0.3 is 5.73 Å². The fraction of sp³-hybridized carbons (Fsp3) is 1.00. The zero-order valence-corrected chi connectivity index (χ0v) is 10.8. The summed E-state index contributed by atoms with van der Waals surface area (Å²) in [4.78, 5) is 0. The van der Waals surface area contributed by atoms with E-state index in [1.807, 2.05) is 0 Å². The van der Waals surface area contributed by atoms with Crippen LogP contribution in [0.1, 0.15) is 12.8 Å². The summed E-state index contributed by atoms with van der Waals surface area (Å²) in [6.45, 7) is 0. The molecule has 2 unspecified atom stereocenters. The van der Waals surface area contributed by atoms with Gasteiger partial charge >= 0.3 is 0 Å². The molecule has 2 aliphatic heterocycles. The standard InChI is InChI=1S/C9H17NO4S2/c10-9(7-1-3-15(11,12)5-7)8-2-4-16(13,14)6-8/h7-9H,1-6,10H2/p+1. The number of hydrogen-bond acceptors (Lipinski definition) is 4. The normalized spacial score (nSPS) is 38.6. The third-order valence-electron chi connectivity index (χ3n) is 3.75. The highest BCUT2D eigenvalue weighted by atomic mass is 32.2. The highest BCUT2D eigenvalue weighted by Gasteiger charge is 2.42. The Morgan fingerprint density at radius 2 is 1.25 bits per heavy atom. The van der Waals surface area contributed by atoms with Crippen LogP contribution in [0.5, 0.6) is 0 Å². The summed E-state index contributed by atoms with van der Waals surface area (Å²) in [5.74, 6) is 0.980. The largest absolute Gasteiger partial charge is 0.355 e. The van der Waals surface area contributed by atoms with Gasteiger partial charge in [-0.25, -0.2) is 16.8 Å². The van der Waals surface area contributed by atoms with Crippen LogP contribution in [0.3, 0.4) is 0 Å². The summed E-state index contributed by atoms with van der Waals surface area (Å²) in [6.07, 6.45) is 1.29. The van der Waals surface area contributed by atoms with Crippen molar-refractivity contribution >= 4 is 19.7 Å². The molecule has 3 N–H and O–H groups in total. The molecule has 7 heteroatoms. The summed E-state index contributed by atoms with van der Waals surface area (Å²) < 4.78 is 45.4. The molecule has 2 rings (SSSR count). The molecule has 0 aromatic rings. The molecule has 0 bridgehead atoms. The summed E-state index contributed by atoms with van der Waals surface area (Å²) in [5.41, 5.74) is 4.00. The topological polar surface area (TPSA) is 95.9 Å². The maximum Gasteiger partial charge on any atom is 0.150 e. The summed E-state index contributed by atoms with van der Waals surface area (Å²) in [5, 5.41) is 0. The van der Waals surface area contributed by atoms with Crippen LogP contribution in [0.15, 0.2) is 0 Å². The summed E-state index contributed by atoms with van der Waals surface area (Å²) in [7, 11) is -5.78. The van der Waals surface area contributed by atoms with Crippen molar-refractivity contribution < 1.29 is 22.6 Å². The van der Waals surface area contributed by atoms with E-state index < -0.39 is 19.7 Å². The number of sulfone groups is 2. The molecule has 0 spiro atoms. The Bertz CT molecular complexity index is 424. The van der Waals surface area contributed by atoms with Crippen molar-refractivity contribution in [2.45, 2.75) is 18.9 Å². The lowest BCUT2D eigenvalue weighted by molar-refractivity contribution is -0.443. The zero-order chi connectivity index (χ0) is 12.0. The van der Waals surface area contributed by atoms with E-state index >= 15 is 0 Å². The molecule has 2 fully saturated rings. The van der Waals surface area contributed by atoms with Gasteiger partial charge in [-0.05, 0) is 12.8 Å². The third-order valence-corrected chi connectivity index (χ3v) is 7.33. The molecular formula is C9H18NO4S2+. The van der Waals surface area contributed by atoms with Gasteiger partial charge in [0.1, 0.15) is 0 Å². The van der Waals surface area contributed by atoms with E-state index in [4.69, 9.17) is 0 Å². The number of quaternary nitrogens is 1. The van der Waals surface area contributed by atoms with Crippen LogP contribution in [-0.2, 0) is 19.7 Å². The van der Waals surface area contributed by atoms with Gasteiger partial charge in [-0.1, -0.05) is 0 Å². The molecule has 0 aliphatic carbocycles. The Morgan fingerprint density at radius 1 is 0.875 bits per heavy atom.